The number of nitrogens with zero attached hydrogens (tertiary/aromatic N) is 2. The van der Waals surface area contributed by atoms with Gasteiger partial charge in [0.1, 0.15) is 10.8 Å². The van der Waals surface area contributed by atoms with Crippen molar-refractivity contribution < 1.29 is 23.1 Å². The van der Waals surface area contributed by atoms with E-state index in [0.717, 1.165) is 19.8 Å². The van der Waals surface area contributed by atoms with E-state index < -0.39 is 18.6 Å². The molecule has 0 spiro atoms. The van der Waals surface area contributed by atoms with Crippen LogP contribution in [0.4, 0.5) is 14.6 Å². The summed E-state index contributed by atoms with van der Waals surface area (Å²) < 4.78 is 30.8. The van der Waals surface area contributed by atoms with E-state index in [-0.39, 0.29) is 28.1 Å². The molecular weight excluding hydrogens is 430 g/mol. The molecule has 10 heteroatoms. The van der Waals surface area contributed by atoms with Crippen molar-refractivity contribution in [1.82, 2.24) is 15.3 Å². The highest BCUT2D eigenvalue weighted by molar-refractivity contribution is 6.31. The molecule has 0 radical (unpaired) electrons. The average Bonchev–Trinajstić information content (AvgIpc) is 3.45. The van der Waals surface area contributed by atoms with Crippen LogP contribution in [0.15, 0.2) is 30.6 Å². The van der Waals surface area contributed by atoms with Crippen LogP contribution in [0.1, 0.15) is 55.6 Å². The van der Waals surface area contributed by atoms with Crippen molar-refractivity contribution in [3.05, 3.63) is 46.7 Å². The Kier molecular flexibility index (Phi) is 6.45. The molecule has 1 aliphatic carbocycles. The summed E-state index contributed by atoms with van der Waals surface area (Å²) in [5, 5.41) is 5.60. The molecule has 2 aromatic heterocycles. The highest BCUT2D eigenvalue weighted by Gasteiger charge is 2.45. The number of ether oxygens (including phenoxy) is 1. The number of carbonyl (C=O) groups is 2. The van der Waals surface area contributed by atoms with Crippen molar-refractivity contribution in [2.45, 2.75) is 45.6 Å². The van der Waals surface area contributed by atoms with Gasteiger partial charge in [0.05, 0.1) is 6.04 Å². The first kappa shape index (κ1) is 22.9. The van der Waals surface area contributed by atoms with Gasteiger partial charge < -0.3 is 15.4 Å². The highest BCUT2D eigenvalue weighted by atomic mass is 35.5. The highest BCUT2D eigenvalue weighted by Crippen LogP contribution is 2.45. The maximum absolute atomic E-state index is 12.9. The van der Waals surface area contributed by atoms with Crippen LogP contribution in [0.5, 0.6) is 5.88 Å². The number of aromatic nitrogens is 2. The molecule has 0 aromatic carbocycles. The monoisotopic (exact) mass is 452 g/mol. The minimum absolute atomic E-state index is 0.0605. The van der Waals surface area contributed by atoms with Crippen LogP contribution in [0.2, 0.25) is 5.02 Å². The van der Waals surface area contributed by atoms with Crippen molar-refractivity contribution in [3.8, 4) is 5.88 Å². The van der Waals surface area contributed by atoms with Crippen molar-refractivity contribution in [2.24, 2.45) is 5.41 Å². The molecule has 1 saturated carbocycles. The van der Waals surface area contributed by atoms with E-state index in [4.69, 9.17) is 16.3 Å². The predicted octanol–water partition coefficient (Wildman–Crippen LogP) is 4.39. The Bertz CT molecular complexity index is 993. The van der Waals surface area contributed by atoms with Crippen molar-refractivity contribution in [1.29, 1.82) is 0 Å². The number of rotatable bonds is 8. The number of halogens is 3. The number of hydrogen-bond donors (Lipinski definition) is 2. The predicted molar refractivity (Wildman–Crippen MR) is 111 cm³/mol. The van der Waals surface area contributed by atoms with E-state index in [1.165, 1.54) is 30.6 Å². The van der Waals surface area contributed by atoms with Gasteiger partial charge in [0.2, 0.25) is 11.8 Å². The van der Waals surface area contributed by atoms with Crippen molar-refractivity contribution >= 4 is 29.2 Å². The first-order chi connectivity index (χ1) is 14.5. The molecule has 7 nitrogen and oxygen atoms in total. The Balaban J connectivity index is 1.63. The second-order valence-corrected chi connectivity index (χ2v) is 8.46. The van der Waals surface area contributed by atoms with E-state index in [1.807, 2.05) is 6.92 Å². The summed E-state index contributed by atoms with van der Waals surface area (Å²) in [6.07, 6.45) is 4.50. The van der Waals surface area contributed by atoms with Gasteiger partial charge in [-0.2, -0.15) is 0 Å². The average molecular weight is 453 g/mol. The zero-order valence-corrected chi connectivity index (χ0v) is 18.1. The molecular formula is C21H23ClF2N4O3. The maximum Gasteiger partial charge on any atom is 0.278 e. The number of amides is 2. The van der Waals surface area contributed by atoms with Gasteiger partial charge in [0.25, 0.3) is 11.8 Å². The van der Waals surface area contributed by atoms with Crippen LogP contribution in [0.25, 0.3) is 0 Å². The van der Waals surface area contributed by atoms with Crippen LogP contribution in [0.3, 0.4) is 0 Å². The number of anilines is 1. The Morgan fingerprint density at radius 1 is 1.32 bits per heavy atom. The molecule has 2 amide bonds. The number of nitrogens with one attached hydrogen (secondary N) is 2. The number of alkyl halides is 2. The summed E-state index contributed by atoms with van der Waals surface area (Å²) in [6.45, 7) is 3.49. The summed E-state index contributed by atoms with van der Waals surface area (Å²) in [4.78, 5) is 32.9. The lowest BCUT2D eigenvalue weighted by molar-refractivity contribution is -0.120. The van der Waals surface area contributed by atoms with E-state index in [9.17, 15) is 18.4 Å². The SMILES string of the molecule is CC(NC(=O)c1ccnc(NC(=O)C2(C)CC2)c1)c1cnc(OCC(C)(F)F)c(Cl)c1. The van der Waals surface area contributed by atoms with Crippen LogP contribution in [-0.2, 0) is 4.79 Å². The Morgan fingerprint density at radius 2 is 2.03 bits per heavy atom. The first-order valence-electron chi connectivity index (χ1n) is 9.71. The van der Waals surface area contributed by atoms with Gasteiger partial charge in [0, 0.05) is 30.3 Å². The first-order valence-corrected chi connectivity index (χ1v) is 10.1. The normalized spacial score (nSPS) is 15.7. The summed E-state index contributed by atoms with van der Waals surface area (Å²) in [5.41, 5.74) is 0.532. The smallest absolute Gasteiger partial charge is 0.278 e. The largest absolute Gasteiger partial charge is 0.470 e. The Hall–Kier alpha value is -2.81. The molecule has 2 heterocycles. The standard InChI is InChI=1S/C21H23ClF2N4O3/c1-12(14-8-15(22)18(26-10-14)31-11-21(3,23)24)27-17(29)13-4-7-25-16(9-13)28-19(30)20(2)5-6-20/h4,7-10,12H,5-6,11H2,1-3H3,(H,27,29)(H,25,28,30). The topological polar surface area (TPSA) is 93.2 Å². The van der Waals surface area contributed by atoms with Gasteiger partial charge in [0.15, 0.2) is 6.61 Å². The van der Waals surface area contributed by atoms with Crippen LogP contribution < -0.4 is 15.4 Å². The van der Waals surface area contributed by atoms with E-state index in [2.05, 4.69) is 20.6 Å². The summed E-state index contributed by atoms with van der Waals surface area (Å²) in [7, 11) is 0. The summed E-state index contributed by atoms with van der Waals surface area (Å²) in [6, 6.07) is 4.05. The quantitative estimate of drug-likeness (QED) is 0.619. The minimum atomic E-state index is -3.01. The van der Waals surface area contributed by atoms with E-state index in [1.54, 1.807) is 6.92 Å². The summed E-state index contributed by atoms with van der Waals surface area (Å²) in [5.74, 6) is -3.31. The molecule has 3 rings (SSSR count). The molecule has 0 aliphatic heterocycles. The van der Waals surface area contributed by atoms with Crippen molar-refractivity contribution in [2.75, 3.05) is 11.9 Å². The van der Waals surface area contributed by atoms with Crippen LogP contribution >= 0.6 is 11.6 Å². The molecule has 31 heavy (non-hydrogen) atoms. The van der Waals surface area contributed by atoms with E-state index in [0.29, 0.717) is 16.9 Å². The van der Waals surface area contributed by atoms with Gasteiger partial charge in [-0.15, -0.1) is 0 Å². The number of hydrogen-bond acceptors (Lipinski definition) is 5. The second kappa shape index (κ2) is 8.74. The third kappa shape index (κ3) is 6.10. The zero-order valence-electron chi connectivity index (χ0n) is 17.3. The molecule has 1 aliphatic rings. The second-order valence-electron chi connectivity index (χ2n) is 8.05. The van der Waals surface area contributed by atoms with Crippen LogP contribution in [-0.4, -0.2) is 34.3 Å². The molecule has 1 unspecified atom stereocenters. The Morgan fingerprint density at radius 3 is 2.65 bits per heavy atom. The lowest BCUT2D eigenvalue weighted by atomic mass is 10.1. The zero-order chi connectivity index (χ0) is 22.8. The molecule has 166 valence electrons. The fourth-order valence-electron chi connectivity index (χ4n) is 2.66. The van der Waals surface area contributed by atoms with E-state index >= 15 is 0 Å². The summed E-state index contributed by atoms with van der Waals surface area (Å²) >= 11 is 6.07. The fourth-order valence-corrected chi connectivity index (χ4v) is 2.89. The maximum atomic E-state index is 12.9. The van der Waals surface area contributed by atoms with Gasteiger partial charge in [-0.1, -0.05) is 18.5 Å². The molecule has 0 bridgehead atoms. The molecule has 2 aromatic rings. The molecule has 2 N–H and O–H groups in total. The number of pyridine rings is 2. The number of carbonyl (C=O) groups excluding carboxylic acids is 2. The van der Waals surface area contributed by atoms with Crippen LogP contribution in [0, 0.1) is 5.41 Å². The molecule has 1 atom stereocenters. The molecule has 0 saturated heterocycles. The lowest BCUT2D eigenvalue weighted by Crippen LogP contribution is -2.27. The Labute approximate surface area is 183 Å². The third-order valence-corrected chi connectivity index (χ3v) is 5.22. The van der Waals surface area contributed by atoms with Gasteiger partial charge in [-0.05, 0) is 43.5 Å². The fraction of sp³-hybridized carbons (Fsp3) is 0.429. The minimum Gasteiger partial charge on any atom is -0.470 e. The molecule has 1 fully saturated rings. The van der Waals surface area contributed by atoms with Crippen molar-refractivity contribution in [3.63, 3.8) is 0 Å². The van der Waals surface area contributed by atoms with Gasteiger partial charge in [-0.3, -0.25) is 9.59 Å². The van der Waals surface area contributed by atoms with Gasteiger partial charge >= 0.3 is 0 Å². The third-order valence-electron chi connectivity index (χ3n) is 4.95. The lowest BCUT2D eigenvalue weighted by Gasteiger charge is -2.17. The van der Waals surface area contributed by atoms with Gasteiger partial charge in [-0.25, -0.2) is 18.7 Å².